The second-order valence-corrected chi connectivity index (χ2v) is 7.23. The van der Waals surface area contributed by atoms with Crippen LogP contribution in [0.15, 0.2) is 4.99 Å². The van der Waals surface area contributed by atoms with Crippen molar-refractivity contribution in [1.29, 1.82) is 0 Å². The van der Waals surface area contributed by atoms with Gasteiger partial charge in [0.1, 0.15) is 18.1 Å². The fourth-order valence-electron chi connectivity index (χ4n) is 2.30. The van der Waals surface area contributed by atoms with Crippen molar-refractivity contribution >= 4 is 48.2 Å². The number of hydrogen-bond donors (Lipinski definition) is 9. The van der Waals surface area contributed by atoms with Gasteiger partial charge in [0.2, 0.25) is 17.7 Å². The van der Waals surface area contributed by atoms with E-state index >= 15 is 0 Å². The monoisotopic (exact) mass is 477 g/mol. The Hall–Kier alpha value is -3.07. The van der Waals surface area contributed by atoms with E-state index < -0.39 is 53.8 Å². The van der Waals surface area contributed by atoms with E-state index in [2.05, 4.69) is 33.6 Å². The smallest absolute Gasteiger partial charge is 0.325 e. The molecule has 0 saturated heterocycles. The van der Waals surface area contributed by atoms with Crippen LogP contribution in [0.25, 0.3) is 0 Å². The van der Waals surface area contributed by atoms with Crippen LogP contribution in [0, 0.1) is 0 Å². The van der Waals surface area contributed by atoms with Crippen molar-refractivity contribution in [2.75, 3.05) is 12.3 Å². The standard InChI is InChI=1S/C17H31N7O7S/c1-8(16(30)31)22-14(28)10(3-2-6-21-17(19)20)23-15(29)11(7-32)24-13(27)9(18)4-5-12(25)26/h8-11,32H,2-7,18H2,1H3,(H,22,28)(H,23,29)(H,24,27)(H,25,26)(H,30,31)(H4,19,20,21). The average molecular weight is 478 g/mol. The van der Waals surface area contributed by atoms with Gasteiger partial charge in [0, 0.05) is 18.7 Å². The molecule has 0 aliphatic carbocycles. The zero-order chi connectivity index (χ0) is 24.8. The first kappa shape index (κ1) is 28.9. The minimum atomic E-state index is -1.26. The summed E-state index contributed by atoms with van der Waals surface area (Å²) in [6.07, 6.45) is -0.0984. The Labute approximate surface area is 190 Å². The molecule has 0 bridgehead atoms. The van der Waals surface area contributed by atoms with Gasteiger partial charge >= 0.3 is 11.9 Å². The van der Waals surface area contributed by atoms with Crippen LogP contribution in [-0.2, 0) is 24.0 Å². The number of nitrogens with two attached hydrogens (primary N) is 3. The van der Waals surface area contributed by atoms with Crippen LogP contribution in [0.3, 0.4) is 0 Å². The van der Waals surface area contributed by atoms with Crippen LogP contribution in [0.1, 0.15) is 32.6 Å². The van der Waals surface area contributed by atoms with Crippen molar-refractivity contribution in [3.8, 4) is 0 Å². The summed E-state index contributed by atoms with van der Waals surface area (Å²) in [4.78, 5) is 62.5. The lowest BCUT2D eigenvalue weighted by molar-refractivity contribution is -0.142. The number of carbonyl (C=O) groups is 5. The highest BCUT2D eigenvalue weighted by Crippen LogP contribution is 2.03. The zero-order valence-corrected chi connectivity index (χ0v) is 18.5. The van der Waals surface area contributed by atoms with Gasteiger partial charge in [0.05, 0.1) is 6.04 Å². The molecule has 0 fully saturated rings. The summed E-state index contributed by atoms with van der Waals surface area (Å²) in [5, 5.41) is 24.7. The molecule has 0 aliphatic heterocycles. The van der Waals surface area contributed by atoms with Gasteiger partial charge < -0.3 is 43.4 Å². The highest BCUT2D eigenvalue weighted by atomic mass is 32.1. The molecule has 0 saturated carbocycles. The molecule has 0 aromatic carbocycles. The van der Waals surface area contributed by atoms with Crippen LogP contribution in [0.5, 0.6) is 0 Å². The molecular weight excluding hydrogens is 446 g/mol. The maximum Gasteiger partial charge on any atom is 0.325 e. The van der Waals surface area contributed by atoms with Gasteiger partial charge in [-0.15, -0.1) is 0 Å². The van der Waals surface area contributed by atoms with Crippen LogP contribution in [-0.4, -0.2) is 82.3 Å². The first-order valence-electron chi connectivity index (χ1n) is 9.66. The Bertz CT molecular complexity index is 715. The summed E-state index contributed by atoms with van der Waals surface area (Å²) in [7, 11) is 0. The van der Waals surface area contributed by atoms with Crippen molar-refractivity contribution in [2.45, 2.75) is 56.8 Å². The number of carbonyl (C=O) groups excluding carboxylic acids is 3. The van der Waals surface area contributed by atoms with E-state index in [1.807, 2.05) is 0 Å². The summed E-state index contributed by atoms with van der Waals surface area (Å²) in [6, 6.07) is -4.67. The molecule has 3 amide bonds. The fraction of sp³-hybridized carbons (Fsp3) is 0.647. The Morgan fingerprint density at radius 1 is 0.938 bits per heavy atom. The van der Waals surface area contributed by atoms with Crippen molar-refractivity contribution in [1.82, 2.24) is 16.0 Å². The number of nitrogens with zero attached hydrogens (tertiary/aromatic N) is 1. The number of rotatable bonds is 15. The molecule has 14 nitrogen and oxygen atoms in total. The minimum Gasteiger partial charge on any atom is -0.481 e. The molecule has 15 heteroatoms. The third-order valence-corrected chi connectivity index (χ3v) is 4.49. The number of nitrogens with one attached hydrogen (secondary N) is 3. The fourth-order valence-corrected chi connectivity index (χ4v) is 2.56. The number of aliphatic imine (C=N–C) groups is 1. The normalized spacial score (nSPS) is 14.2. The second kappa shape index (κ2) is 14.9. The first-order valence-corrected chi connectivity index (χ1v) is 10.3. The van der Waals surface area contributed by atoms with Gasteiger partial charge in [-0.1, -0.05) is 0 Å². The average Bonchev–Trinajstić information content (AvgIpc) is 2.71. The molecule has 0 heterocycles. The zero-order valence-electron chi connectivity index (χ0n) is 17.6. The molecule has 0 spiro atoms. The lowest BCUT2D eigenvalue weighted by Gasteiger charge is -2.24. The van der Waals surface area contributed by atoms with E-state index in [0.717, 1.165) is 0 Å². The van der Waals surface area contributed by atoms with E-state index in [0.29, 0.717) is 0 Å². The first-order chi connectivity index (χ1) is 14.9. The molecule has 0 radical (unpaired) electrons. The largest absolute Gasteiger partial charge is 0.481 e. The molecule has 32 heavy (non-hydrogen) atoms. The maximum atomic E-state index is 12.6. The predicted molar refractivity (Wildman–Crippen MR) is 118 cm³/mol. The number of thiol groups is 1. The summed E-state index contributed by atoms with van der Waals surface area (Å²) >= 11 is 4.01. The molecule has 0 rings (SSSR count). The maximum absolute atomic E-state index is 12.6. The third kappa shape index (κ3) is 11.9. The highest BCUT2D eigenvalue weighted by molar-refractivity contribution is 7.80. The number of carboxylic acids is 2. The molecule has 4 unspecified atom stereocenters. The lowest BCUT2D eigenvalue weighted by atomic mass is 10.1. The van der Waals surface area contributed by atoms with Gasteiger partial charge in [-0.05, 0) is 26.2 Å². The molecule has 0 aliphatic rings. The predicted octanol–water partition coefficient (Wildman–Crippen LogP) is -3.28. The quantitative estimate of drug-likeness (QED) is 0.0492. The third-order valence-electron chi connectivity index (χ3n) is 4.13. The second-order valence-electron chi connectivity index (χ2n) is 6.86. The molecule has 0 aromatic heterocycles. The minimum absolute atomic E-state index is 0.0755. The summed E-state index contributed by atoms with van der Waals surface area (Å²) < 4.78 is 0. The van der Waals surface area contributed by atoms with E-state index in [4.69, 9.17) is 27.4 Å². The number of hydrogen-bond acceptors (Lipinski definition) is 8. The number of guanidine groups is 1. The molecule has 182 valence electrons. The van der Waals surface area contributed by atoms with Gasteiger partial charge in [-0.3, -0.25) is 29.0 Å². The Morgan fingerprint density at radius 3 is 2.00 bits per heavy atom. The Balaban J connectivity index is 5.16. The SMILES string of the molecule is CC(NC(=O)C(CCCN=C(N)N)NC(=O)C(CS)NC(=O)C(N)CCC(=O)O)C(=O)O. The van der Waals surface area contributed by atoms with Crippen molar-refractivity contribution in [3.63, 3.8) is 0 Å². The molecule has 4 atom stereocenters. The Kier molecular flexibility index (Phi) is 13.4. The topological polar surface area (TPSA) is 252 Å². The van der Waals surface area contributed by atoms with Crippen LogP contribution < -0.4 is 33.2 Å². The van der Waals surface area contributed by atoms with Crippen molar-refractivity contribution in [3.05, 3.63) is 0 Å². The van der Waals surface area contributed by atoms with Crippen LogP contribution in [0.2, 0.25) is 0 Å². The summed E-state index contributed by atoms with van der Waals surface area (Å²) in [5.41, 5.74) is 16.1. The van der Waals surface area contributed by atoms with Crippen LogP contribution in [0.4, 0.5) is 0 Å². The summed E-state index contributed by atoms with van der Waals surface area (Å²) in [6.45, 7) is 1.43. The lowest BCUT2D eigenvalue weighted by Crippen LogP contribution is -2.57. The van der Waals surface area contributed by atoms with E-state index in [1.54, 1.807) is 0 Å². The van der Waals surface area contributed by atoms with Gasteiger partial charge in [-0.25, -0.2) is 0 Å². The van der Waals surface area contributed by atoms with Crippen molar-refractivity contribution in [2.24, 2.45) is 22.2 Å². The van der Waals surface area contributed by atoms with Gasteiger partial charge in [-0.2, -0.15) is 12.6 Å². The van der Waals surface area contributed by atoms with E-state index in [-0.39, 0.29) is 43.9 Å². The Morgan fingerprint density at radius 2 is 1.50 bits per heavy atom. The molecular formula is C17H31N7O7S. The number of amides is 3. The van der Waals surface area contributed by atoms with Crippen molar-refractivity contribution < 1.29 is 34.2 Å². The number of carboxylic acid groups (broad SMARTS) is 2. The van der Waals surface area contributed by atoms with Crippen LogP contribution >= 0.6 is 12.6 Å². The van der Waals surface area contributed by atoms with E-state index in [9.17, 15) is 24.0 Å². The highest BCUT2D eigenvalue weighted by Gasteiger charge is 2.28. The molecule has 0 aromatic rings. The van der Waals surface area contributed by atoms with E-state index in [1.165, 1.54) is 6.92 Å². The summed E-state index contributed by atoms with van der Waals surface area (Å²) in [5.74, 6) is -4.94. The van der Waals surface area contributed by atoms with Gasteiger partial charge in [0.15, 0.2) is 5.96 Å². The van der Waals surface area contributed by atoms with Gasteiger partial charge in [0.25, 0.3) is 0 Å². The molecule has 11 N–H and O–H groups in total. The number of aliphatic carboxylic acids is 2.